The van der Waals surface area contributed by atoms with Gasteiger partial charge in [0, 0.05) is 16.8 Å². The minimum Gasteiger partial charge on any atom is -0.476 e. The Hall–Kier alpha value is -4.04. The van der Waals surface area contributed by atoms with Crippen molar-refractivity contribution in [2.75, 3.05) is 0 Å². The lowest BCUT2D eigenvalue weighted by molar-refractivity contribution is -0.0723. The number of aliphatic hydroxyl groups excluding tert-OH is 1. The molecule has 0 fully saturated rings. The number of carbonyl (C=O) groups is 1. The van der Waals surface area contributed by atoms with Crippen LogP contribution in [0.25, 0.3) is 17.1 Å². The number of pyridine rings is 1. The van der Waals surface area contributed by atoms with Gasteiger partial charge in [-0.15, -0.1) is 10.2 Å². The number of nitrogens with zero attached hydrogens (tertiary/aromatic N) is 7. The van der Waals surface area contributed by atoms with Crippen LogP contribution in [0.2, 0.25) is 5.02 Å². The van der Waals surface area contributed by atoms with E-state index in [-0.39, 0.29) is 28.6 Å². The highest BCUT2D eigenvalue weighted by Gasteiger charge is 2.34. The van der Waals surface area contributed by atoms with Crippen molar-refractivity contribution in [3.8, 4) is 17.1 Å². The first-order chi connectivity index (χ1) is 17.6. The van der Waals surface area contributed by atoms with Crippen molar-refractivity contribution in [2.24, 2.45) is 0 Å². The molecule has 0 saturated carbocycles. The summed E-state index contributed by atoms with van der Waals surface area (Å²) in [6, 6.07) is 7.31. The number of aromatic carboxylic acids is 1. The molecule has 1 aromatic carbocycles. The molecule has 3 heterocycles. The number of hydrogen-bond acceptors (Lipinski definition) is 7. The number of aryl methyl sites for hydroxylation is 1. The van der Waals surface area contributed by atoms with Crippen molar-refractivity contribution in [3.05, 3.63) is 75.4 Å². The zero-order valence-corrected chi connectivity index (χ0v) is 19.8. The third-order valence-corrected chi connectivity index (χ3v) is 5.66. The van der Waals surface area contributed by atoms with Gasteiger partial charge in [-0.2, -0.15) is 0 Å². The average molecular weight is 538 g/mol. The molecule has 11 nitrogen and oxygen atoms in total. The Morgan fingerprint density at radius 3 is 2.43 bits per heavy atom. The summed E-state index contributed by atoms with van der Waals surface area (Å²) in [5.74, 6) is -1.63. The first-order valence-electron chi connectivity index (χ1n) is 10.8. The Labute approximate surface area is 211 Å². The van der Waals surface area contributed by atoms with E-state index in [4.69, 9.17) is 11.6 Å². The lowest BCUT2D eigenvalue weighted by Gasteiger charge is -2.16. The molecule has 0 aliphatic rings. The number of hydrogen-bond donors (Lipinski definition) is 2. The number of aliphatic hydroxyl groups is 1. The van der Waals surface area contributed by atoms with Gasteiger partial charge in [0.2, 0.25) is 6.30 Å². The highest BCUT2D eigenvalue weighted by atomic mass is 35.5. The molecule has 3 aromatic heterocycles. The maximum Gasteiger partial charge on any atom is 0.356 e. The van der Waals surface area contributed by atoms with Crippen molar-refractivity contribution >= 4 is 17.6 Å². The normalized spacial score (nSPS) is 13.2. The Morgan fingerprint density at radius 1 is 1.11 bits per heavy atom. The fourth-order valence-electron chi connectivity index (χ4n) is 3.62. The third-order valence-electron chi connectivity index (χ3n) is 5.41. The molecule has 0 saturated heterocycles. The van der Waals surface area contributed by atoms with E-state index in [0.29, 0.717) is 21.6 Å². The molecule has 0 radical (unpaired) electrons. The smallest absolute Gasteiger partial charge is 0.356 e. The second kappa shape index (κ2) is 10.5. The summed E-state index contributed by atoms with van der Waals surface area (Å²) in [4.78, 5) is 32.6. The van der Waals surface area contributed by atoms with Gasteiger partial charge in [-0.3, -0.25) is 0 Å². The molecular formula is C22H19ClF3N7O4. The van der Waals surface area contributed by atoms with E-state index in [1.54, 1.807) is 6.07 Å². The maximum absolute atomic E-state index is 14.9. The summed E-state index contributed by atoms with van der Waals surface area (Å²) in [5, 5.41) is 27.7. The van der Waals surface area contributed by atoms with E-state index >= 15 is 0 Å². The van der Waals surface area contributed by atoms with Crippen molar-refractivity contribution in [2.45, 2.75) is 38.7 Å². The van der Waals surface area contributed by atoms with Gasteiger partial charge in [-0.25, -0.2) is 46.7 Å². The van der Waals surface area contributed by atoms with Crippen LogP contribution in [0.1, 0.15) is 35.1 Å². The second-order valence-electron chi connectivity index (χ2n) is 7.77. The summed E-state index contributed by atoms with van der Waals surface area (Å²) in [5.41, 5.74) is -0.424. The summed E-state index contributed by atoms with van der Waals surface area (Å²) in [6.07, 6.45) is -6.01. The minimum absolute atomic E-state index is 0.0125. The van der Waals surface area contributed by atoms with E-state index in [1.807, 2.05) is 6.92 Å². The van der Waals surface area contributed by atoms with Gasteiger partial charge in [0.1, 0.15) is 18.6 Å². The van der Waals surface area contributed by atoms with Crippen LogP contribution in [-0.2, 0) is 13.0 Å². The number of benzene rings is 1. The molecule has 0 aliphatic carbocycles. The van der Waals surface area contributed by atoms with E-state index in [0.717, 1.165) is 4.68 Å². The number of aromatic nitrogens is 7. The van der Waals surface area contributed by atoms with Gasteiger partial charge >= 0.3 is 11.7 Å². The minimum atomic E-state index is -3.46. The maximum atomic E-state index is 14.9. The Kier molecular flexibility index (Phi) is 7.40. The average Bonchev–Trinajstić information content (AvgIpc) is 3.47. The molecular weight excluding hydrogens is 519 g/mol. The third kappa shape index (κ3) is 5.11. The molecule has 0 amide bonds. The zero-order chi connectivity index (χ0) is 26.9. The molecule has 1 unspecified atom stereocenters. The first kappa shape index (κ1) is 26.0. The summed E-state index contributed by atoms with van der Waals surface area (Å²) >= 11 is 5.87. The fourth-order valence-corrected chi connectivity index (χ4v) is 3.74. The Balaban J connectivity index is 1.76. The molecule has 4 aromatic rings. The molecule has 4 rings (SSSR count). The molecule has 194 valence electrons. The molecule has 2 atom stereocenters. The largest absolute Gasteiger partial charge is 0.476 e. The van der Waals surface area contributed by atoms with E-state index in [1.165, 1.54) is 41.5 Å². The van der Waals surface area contributed by atoms with Crippen molar-refractivity contribution in [3.63, 3.8) is 0 Å². The van der Waals surface area contributed by atoms with Crippen molar-refractivity contribution < 1.29 is 28.2 Å². The molecule has 0 aliphatic heterocycles. The summed E-state index contributed by atoms with van der Waals surface area (Å²) in [6.45, 7) is 1.40. The summed E-state index contributed by atoms with van der Waals surface area (Å²) in [7, 11) is 0. The number of carboxylic acid groups (broad SMARTS) is 1. The molecule has 0 bridgehead atoms. The lowest BCUT2D eigenvalue weighted by atomic mass is 10.1. The van der Waals surface area contributed by atoms with E-state index < -0.39 is 37.0 Å². The predicted octanol–water partition coefficient (Wildman–Crippen LogP) is 2.74. The standard InChI is InChI=1S/C22H19ClF3N7O4/c1-2-11-7-8-27-15(21(35)36)16(11)32-10-28-14(29-32)9-31-22(37)33(19(26)17(34)18(24)25)20(30-31)12-3-5-13(23)6-4-12/h3-8,10,17-19,34H,2,9H2,1H3,(H,35,36)/t17-,19?/m1/s1. The highest BCUT2D eigenvalue weighted by molar-refractivity contribution is 6.30. The lowest BCUT2D eigenvalue weighted by Crippen LogP contribution is -2.35. The van der Waals surface area contributed by atoms with Crippen molar-refractivity contribution in [1.82, 2.24) is 34.1 Å². The Bertz CT molecular complexity index is 1490. The van der Waals surface area contributed by atoms with Gasteiger partial charge in [0.25, 0.3) is 6.43 Å². The van der Waals surface area contributed by atoms with Crippen LogP contribution in [0.4, 0.5) is 13.2 Å². The van der Waals surface area contributed by atoms with E-state index in [9.17, 15) is 33.0 Å². The number of rotatable bonds is 9. The Morgan fingerprint density at radius 2 is 1.81 bits per heavy atom. The van der Waals surface area contributed by atoms with Gasteiger partial charge in [0.05, 0.1) is 0 Å². The molecule has 15 heteroatoms. The highest BCUT2D eigenvalue weighted by Crippen LogP contribution is 2.26. The first-order valence-corrected chi connectivity index (χ1v) is 11.2. The number of alkyl halides is 3. The van der Waals surface area contributed by atoms with E-state index in [2.05, 4.69) is 20.2 Å². The number of carboxylic acids is 1. The second-order valence-corrected chi connectivity index (χ2v) is 8.21. The molecule has 0 spiro atoms. The summed E-state index contributed by atoms with van der Waals surface area (Å²) < 4.78 is 43.2. The molecule has 2 N–H and O–H groups in total. The quantitative estimate of drug-likeness (QED) is 0.332. The predicted molar refractivity (Wildman–Crippen MR) is 124 cm³/mol. The topological polar surface area (TPSA) is 141 Å². The number of halogens is 4. The van der Waals surface area contributed by atoms with Crippen LogP contribution in [0.3, 0.4) is 0 Å². The van der Waals surface area contributed by atoms with Gasteiger partial charge < -0.3 is 10.2 Å². The molecule has 37 heavy (non-hydrogen) atoms. The van der Waals surface area contributed by atoms with Gasteiger partial charge in [0.15, 0.2) is 23.4 Å². The fraction of sp³-hybridized carbons (Fsp3) is 0.273. The SMILES string of the molecule is CCc1ccnc(C(=O)O)c1-n1cnc(Cn2nc(-c3ccc(Cl)cc3)n(C(F)[C@H](O)C(F)F)c2=O)n1. The van der Waals surface area contributed by atoms with Crippen LogP contribution >= 0.6 is 11.6 Å². The van der Waals surface area contributed by atoms with Crippen LogP contribution < -0.4 is 5.69 Å². The zero-order valence-electron chi connectivity index (χ0n) is 19.0. The van der Waals surface area contributed by atoms with Crippen LogP contribution in [0, 0.1) is 0 Å². The van der Waals surface area contributed by atoms with Crippen LogP contribution in [-0.4, -0.2) is 62.8 Å². The van der Waals surface area contributed by atoms with Crippen LogP contribution in [0.15, 0.2) is 47.7 Å². The monoisotopic (exact) mass is 537 g/mol. The van der Waals surface area contributed by atoms with Crippen molar-refractivity contribution in [1.29, 1.82) is 0 Å². The van der Waals surface area contributed by atoms with Gasteiger partial charge in [-0.05, 0) is 42.3 Å². The van der Waals surface area contributed by atoms with Gasteiger partial charge in [-0.1, -0.05) is 18.5 Å². The van der Waals surface area contributed by atoms with Crippen LogP contribution in [0.5, 0.6) is 0 Å².